The quantitative estimate of drug-likeness (QED) is 0.304. The van der Waals surface area contributed by atoms with Gasteiger partial charge in [-0.25, -0.2) is 8.42 Å². The molecule has 0 saturated carbocycles. The average molecular weight is 583 g/mol. The fourth-order valence-corrected chi connectivity index (χ4v) is 6.69. The summed E-state index contributed by atoms with van der Waals surface area (Å²) < 4.78 is 34.6. The van der Waals surface area contributed by atoms with Crippen LogP contribution in [0.25, 0.3) is 10.8 Å². The van der Waals surface area contributed by atoms with Crippen LogP contribution < -0.4 is 10.1 Å². The van der Waals surface area contributed by atoms with E-state index in [9.17, 15) is 23.3 Å². The summed E-state index contributed by atoms with van der Waals surface area (Å²) in [5, 5.41) is 13.5. The Kier molecular flexibility index (Phi) is 8.52. The Labute approximate surface area is 245 Å². The summed E-state index contributed by atoms with van der Waals surface area (Å²) >= 11 is 0. The van der Waals surface area contributed by atoms with E-state index in [1.54, 1.807) is 41.3 Å². The van der Waals surface area contributed by atoms with E-state index in [1.807, 2.05) is 42.5 Å². The minimum Gasteiger partial charge on any atom is -0.497 e. The number of hydrogen-bond acceptors (Lipinski definition) is 6. The van der Waals surface area contributed by atoms with Gasteiger partial charge in [-0.05, 0) is 64.7 Å². The number of hydrogen-bond donors (Lipinski definition) is 1. The molecule has 0 aromatic heterocycles. The number of nitriles is 1. The van der Waals surface area contributed by atoms with Gasteiger partial charge in [0.15, 0.2) is 0 Å². The third kappa shape index (κ3) is 6.28. The van der Waals surface area contributed by atoms with Crippen LogP contribution in [0.1, 0.15) is 23.1 Å². The van der Waals surface area contributed by atoms with Crippen molar-refractivity contribution in [2.24, 2.45) is 0 Å². The van der Waals surface area contributed by atoms with E-state index in [4.69, 9.17) is 4.74 Å². The number of methoxy groups -OCH3 is 1. The molecule has 2 amide bonds. The zero-order chi connectivity index (χ0) is 29.7. The Morgan fingerprint density at radius 3 is 2.52 bits per heavy atom. The lowest BCUT2D eigenvalue weighted by molar-refractivity contribution is -0.131. The van der Waals surface area contributed by atoms with Crippen molar-refractivity contribution < 1.29 is 22.7 Å². The normalized spacial score (nSPS) is 15.1. The summed E-state index contributed by atoms with van der Waals surface area (Å²) in [5.41, 5.74) is 2.11. The summed E-state index contributed by atoms with van der Waals surface area (Å²) in [6.45, 7) is 0.254. The van der Waals surface area contributed by atoms with Gasteiger partial charge in [-0.1, -0.05) is 54.6 Å². The van der Waals surface area contributed by atoms with Crippen LogP contribution in [0.4, 0.5) is 0 Å². The molecule has 1 fully saturated rings. The topological polar surface area (TPSA) is 120 Å². The van der Waals surface area contributed by atoms with Crippen molar-refractivity contribution in [1.29, 1.82) is 5.26 Å². The molecule has 1 atom stereocenters. The highest BCUT2D eigenvalue weighted by Crippen LogP contribution is 2.29. The molecule has 0 radical (unpaired) electrons. The van der Waals surface area contributed by atoms with Crippen LogP contribution in [-0.4, -0.2) is 55.7 Å². The van der Waals surface area contributed by atoms with Gasteiger partial charge in [0.1, 0.15) is 11.8 Å². The Morgan fingerprint density at radius 1 is 1.00 bits per heavy atom. The third-order valence-corrected chi connectivity index (χ3v) is 9.15. The highest BCUT2D eigenvalue weighted by atomic mass is 32.2. The number of ether oxygens (including phenoxy) is 1. The molecule has 42 heavy (non-hydrogen) atoms. The highest BCUT2D eigenvalue weighted by Gasteiger charge is 2.43. The molecule has 4 aromatic carbocycles. The number of likely N-dealkylation sites (tertiary alicyclic amines) is 1. The van der Waals surface area contributed by atoms with Gasteiger partial charge < -0.3 is 15.0 Å². The van der Waals surface area contributed by atoms with E-state index in [-0.39, 0.29) is 30.3 Å². The monoisotopic (exact) mass is 582 g/mol. The zero-order valence-electron chi connectivity index (χ0n) is 23.1. The molecule has 0 unspecified atom stereocenters. The number of sulfonamides is 1. The summed E-state index contributed by atoms with van der Waals surface area (Å²) in [7, 11) is -2.74. The SMILES string of the molecule is COc1ccc2ccc(S(=O)(=O)N(CC(=O)NCc3ccccc3)[C@H]3CCN(Cc4cccc(C#N)c4)C3=O)cc2c1. The Balaban J connectivity index is 1.43. The number of benzene rings is 4. The second-order valence-corrected chi connectivity index (χ2v) is 12.0. The molecule has 9 nitrogen and oxygen atoms in total. The first kappa shape index (κ1) is 28.8. The lowest BCUT2D eigenvalue weighted by atomic mass is 10.1. The number of nitrogens with zero attached hydrogens (tertiary/aromatic N) is 3. The average Bonchev–Trinajstić information content (AvgIpc) is 3.37. The van der Waals surface area contributed by atoms with E-state index in [0.29, 0.717) is 23.2 Å². The molecule has 214 valence electrons. The van der Waals surface area contributed by atoms with Crippen molar-refractivity contribution in [3.63, 3.8) is 0 Å². The molecule has 5 rings (SSSR count). The smallest absolute Gasteiger partial charge is 0.244 e. The molecular weight excluding hydrogens is 552 g/mol. The lowest BCUT2D eigenvalue weighted by Gasteiger charge is -2.27. The number of nitrogens with one attached hydrogen (secondary N) is 1. The molecule has 1 aliphatic rings. The second-order valence-electron chi connectivity index (χ2n) is 10.1. The first-order valence-corrected chi connectivity index (χ1v) is 14.9. The van der Waals surface area contributed by atoms with Gasteiger partial charge in [0, 0.05) is 19.6 Å². The van der Waals surface area contributed by atoms with E-state index in [0.717, 1.165) is 20.8 Å². The molecule has 1 aliphatic heterocycles. The van der Waals surface area contributed by atoms with Crippen molar-refractivity contribution in [3.8, 4) is 11.8 Å². The second kappa shape index (κ2) is 12.4. The van der Waals surface area contributed by atoms with Crippen LogP contribution in [0, 0.1) is 11.3 Å². The van der Waals surface area contributed by atoms with Crippen molar-refractivity contribution >= 4 is 32.6 Å². The third-order valence-electron chi connectivity index (χ3n) is 7.30. The lowest BCUT2D eigenvalue weighted by Crippen LogP contribution is -2.49. The minimum atomic E-state index is -4.27. The van der Waals surface area contributed by atoms with Gasteiger partial charge in [-0.15, -0.1) is 0 Å². The highest BCUT2D eigenvalue weighted by molar-refractivity contribution is 7.89. The summed E-state index contributed by atoms with van der Waals surface area (Å²) in [5.74, 6) is -0.326. The molecule has 0 spiro atoms. The summed E-state index contributed by atoms with van der Waals surface area (Å²) in [4.78, 5) is 28.3. The van der Waals surface area contributed by atoms with Crippen molar-refractivity contribution in [2.75, 3.05) is 20.2 Å². The van der Waals surface area contributed by atoms with Crippen LogP contribution in [0.3, 0.4) is 0 Å². The van der Waals surface area contributed by atoms with E-state index < -0.39 is 28.5 Å². The van der Waals surface area contributed by atoms with Gasteiger partial charge in [0.25, 0.3) is 0 Å². The van der Waals surface area contributed by atoms with Crippen LogP contribution in [-0.2, 0) is 32.7 Å². The summed E-state index contributed by atoms with van der Waals surface area (Å²) in [6, 6.07) is 27.3. The number of rotatable bonds is 10. The molecule has 1 heterocycles. The van der Waals surface area contributed by atoms with Crippen molar-refractivity contribution in [3.05, 3.63) is 108 Å². The fourth-order valence-electron chi connectivity index (χ4n) is 5.09. The van der Waals surface area contributed by atoms with E-state index in [2.05, 4.69) is 11.4 Å². The van der Waals surface area contributed by atoms with Gasteiger partial charge in [-0.2, -0.15) is 9.57 Å². The predicted molar refractivity (Wildman–Crippen MR) is 158 cm³/mol. The van der Waals surface area contributed by atoms with E-state index >= 15 is 0 Å². The van der Waals surface area contributed by atoms with Gasteiger partial charge >= 0.3 is 0 Å². The first-order chi connectivity index (χ1) is 20.3. The molecule has 0 bridgehead atoms. The Hall–Kier alpha value is -4.72. The van der Waals surface area contributed by atoms with Crippen molar-refractivity contribution in [1.82, 2.24) is 14.5 Å². The Bertz CT molecular complexity index is 1770. The minimum absolute atomic E-state index is 0.0212. The van der Waals surface area contributed by atoms with Crippen LogP contribution >= 0.6 is 0 Å². The first-order valence-electron chi connectivity index (χ1n) is 13.5. The molecule has 4 aromatic rings. The van der Waals surface area contributed by atoms with E-state index in [1.165, 1.54) is 19.2 Å². The largest absolute Gasteiger partial charge is 0.497 e. The molecular formula is C32H30N4O5S. The molecule has 10 heteroatoms. The standard InChI is InChI=1S/C32H30N4O5S/c1-41-28-12-10-26-11-13-29(18-27(26)17-28)42(39,40)36(22-31(37)34-20-23-6-3-2-4-7-23)30-14-15-35(32(30)38)21-25-9-5-8-24(16-25)19-33/h2-13,16-18,30H,14-15,20-22H2,1H3,(H,34,37)/t30-/m0/s1. The number of carbonyl (C=O) groups is 2. The van der Waals surface area contributed by atoms with Gasteiger partial charge in [0.2, 0.25) is 21.8 Å². The van der Waals surface area contributed by atoms with Crippen LogP contribution in [0.15, 0.2) is 95.9 Å². The summed E-state index contributed by atoms with van der Waals surface area (Å²) in [6.07, 6.45) is 0.226. The maximum atomic E-state index is 14.1. The zero-order valence-corrected chi connectivity index (χ0v) is 23.9. The number of carbonyl (C=O) groups excluding carboxylic acids is 2. The predicted octanol–water partition coefficient (Wildman–Crippen LogP) is 3.83. The van der Waals surface area contributed by atoms with Gasteiger partial charge in [0.05, 0.1) is 30.2 Å². The van der Waals surface area contributed by atoms with Crippen LogP contribution in [0.2, 0.25) is 0 Å². The maximum absolute atomic E-state index is 14.1. The molecule has 0 aliphatic carbocycles. The Morgan fingerprint density at radius 2 is 1.76 bits per heavy atom. The van der Waals surface area contributed by atoms with Gasteiger partial charge in [-0.3, -0.25) is 9.59 Å². The number of fused-ring (bicyclic) bond motifs is 1. The molecule has 1 saturated heterocycles. The maximum Gasteiger partial charge on any atom is 0.244 e. The fraction of sp³-hybridized carbons (Fsp3) is 0.219. The molecule has 1 N–H and O–H groups in total. The van der Waals surface area contributed by atoms with Crippen LogP contribution in [0.5, 0.6) is 5.75 Å². The number of amides is 2. The van der Waals surface area contributed by atoms with Crippen molar-refractivity contribution in [2.45, 2.75) is 30.4 Å².